The monoisotopic (exact) mass is 228 g/mol. The fourth-order valence-corrected chi connectivity index (χ4v) is 3.01. The van der Waals surface area contributed by atoms with Gasteiger partial charge in [-0.15, -0.1) is 0 Å². The van der Waals surface area contributed by atoms with Crippen molar-refractivity contribution in [3.63, 3.8) is 0 Å². The van der Waals surface area contributed by atoms with Crippen LogP contribution in [-0.2, 0) is 0 Å². The van der Waals surface area contributed by atoms with Crippen molar-refractivity contribution in [1.29, 1.82) is 0 Å². The number of rotatable bonds is 6. The molecule has 96 valence electrons. The second-order valence-electron chi connectivity index (χ2n) is 6.30. The summed E-state index contributed by atoms with van der Waals surface area (Å²) in [7, 11) is 4.11. The van der Waals surface area contributed by atoms with Gasteiger partial charge in [0.25, 0.3) is 0 Å². The van der Waals surface area contributed by atoms with Crippen LogP contribution in [0.1, 0.15) is 39.5 Å². The van der Waals surface area contributed by atoms with Crippen LogP contribution in [0.15, 0.2) is 0 Å². The van der Waals surface area contributed by atoms with E-state index in [0.717, 1.165) is 32.5 Å². The molecular weight excluding hydrogens is 200 g/mol. The molecule has 1 saturated carbocycles. The van der Waals surface area contributed by atoms with E-state index in [4.69, 9.17) is 0 Å². The molecule has 0 radical (unpaired) electrons. The van der Waals surface area contributed by atoms with E-state index in [0.29, 0.717) is 0 Å². The van der Waals surface area contributed by atoms with E-state index in [9.17, 15) is 5.11 Å². The van der Waals surface area contributed by atoms with Crippen molar-refractivity contribution in [1.82, 2.24) is 10.2 Å². The molecule has 1 aliphatic carbocycles. The molecule has 3 heteroatoms. The number of hydrogen-bond donors (Lipinski definition) is 2. The Morgan fingerprint density at radius 3 is 2.38 bits per heavy atom. The summed E-state index contributed by atoms with van der Waals surface area (Å²) in [6, 6.07) is 0. The molecule has 1 rings (SSSR count). The number of aliphatic hydroxyl groups is 1. The van der Waals surface area contributed by atoms with Crippen molar-refractivity contribution >= 4 is 0 Å². The fourth-order valence-electron chi connectivity index (χ4n) is 3.01. The third kappa shape index (κ3) is 4.40. The topological polar surface area (TPSA) is 35.5 Å². The smallest absolute Gasteiger partial charge is 0.0774 e. The number of hydrogen-bond acceptors (Lipinski definition) is 3. The zero-order valence-electron chi connectivity index (χ0n) is 11.3. The average molecular weight is 228 g/mol. The average Bonchev–Trinajstić information content (AvgIpc) is 2.49. The van der Waals surface area contributed by atoms with Gasteiger partial charge in [0.15, 0.2) is 0 Å². The van der Waals surface area contributed by atoms with Crippen molar-refractivity contribution in [3.05, 3.63) is 0 Å². The molecule has 3 nitrogen and oxygen atoms in total. The van der Waals surface area contributed by atoms with Crippen molar-refractivity contribution in [2.24, 2.45) is 5.41 Å². The summed E-state index contributed by atoms with van der Waals surface area (Å²) < 4.78 is 0. The first-order valence-electron chi connectivity index (χ1n) is 6.42. The highest BCUT2D eigenvalue weighted by molar-refractivity contribution is 4.88. The lowest BCUT2D eigenvalue weighted by Gasteiger charge is -2.34. The van der Waals surface area contributed by atoms with E-state index in [1.807, 2.05) is 7.05 Å². The lowest BCUT2D eigenvalue weighted by molar-refractivity contribution is 0.00833. The molecule has 0 unspecified atom stereocenters. The van der Waals surface area contributed by atoms with E-state index in [-0.39, 0.29) is 5.41 Å². The normalized spacial score (nSPS) is 20.6. The summed E-state index contributed by atoms with van der Waals surface area (Å²) in [6.45, 7) is 7.38. The van der Waals surface area contributed by atoms with E-state index in [1.54, 1.807) is 0 Å². The zero-order valence-corrected chi connectivity index (χ0v) is 11.3. The third-order valence-corrected chi connectivity index (χ3v) is 3.45. The van der Waals surface area contributed by atoms with Crippen LogP contribution in [0, 0.1) is 5.41 Å². The Hall–Kier alpha value is -0.120. The van der Waals surface area contributed by atoms with Crippen LogP contribution in [0.25, 0.3) is 0 Å². The van der Waals surface area contributed by atoms with Gasteiger partial charge in [-0.05, 0) is 32.4 Å². The maximum atomic E-state index is 10.3. The summed E-state index contributed by atoms with van der Waals surface area (Å²) in [4.78, 5) is 2.28. The summed E-state index contributed by atoms with van der Waals surface area (Å²) in [5.74, 6) is 0. The van der Waals surface area contributed by atoms with Gasteiger partial charge in [0.1, 0.15) is 0 Å². The van der Waals surface area contributed by atoms with Crippen LogP contribution in [-0.4, -0.2) is 49.3 Å². The standard InChI is InChI=1S/C13H28N2O/c1-12(2,9-14-3)10-15(4)11-13(16)7-5-6-8-13/h14,16H,5-11H2,1-4H3. The number of likely N-dealkylation sites (N-methyl/N-ethyl adjacent to an activating group) is 1. The van der Waals surface area contributed by atoms with Gasteiger partial charge in [0.05, 0.1) is 5.60 Å². The summed E-state index contributed by atoms with van der Waals surface area (Å²) >= 11 is 0. The highest BCUT2D eigenvalue weighted by atomic mass is 16.3. The molecule has 0 aromatic carbocycles. The van der Waals surface area contributed by atoms with E-state index in [2.05, 4.69) is 31.1 Å². The first kappa shape index (κ1) is 13.9. The van der Waals surface area contributed by atoms with E-state index in [1.165, 1.54) is 12.8 Å². The highest BCUT2D eigenvalue weighted by Crippen LogP contribution is 2.30. The minimum atomic E-state index is -0.412. The van der Waals surface area contributed by atoms with Crippen LogP contribution in [0.5, 0.6) is 0 Å². The summed E-state index contributed by atoms with van der Waals surface area (Å²) in [5.41, 5.74) is -0.150. The third-order valence-electron chi connectivity index (χ3n) is 3.45. The maximum Gasteiger partial charge on any atom is 0.0774 e. The van der Waals surface area contributed by atoms with Gasteiger partial charge in [-0.25, -0.2) is 0 Å². The number of nitrogens with one attached hydrogen (secondary N) is 1. The van der Waals surface area contributed by atoms with Crippen LogP contribution in [0.3, 0.4) is 0 Å². The second-order valence-corrected chi connectivity index (χ2v) is 6.30. The molecule has 0 amide bonds. The molecule has 16 heavy (non-hydrogen) atoms. The summed E-state index contributed by atoms with van der Waals surface area (Å²) in [6.07, 6.45) is 4.32. The molecule has 0 spiro atoms. The Morgan fingerprint density at radius 2 is 1.88 bits per heavy atom. The van der Waals surface area contributed by atoms with Gasteiger partial charge in [0, 0.05) is 19.6 Å². The van der Waals surface area contributed by atoms with Gasteiger partial charge in [-0.1, -0.05) is 26.7 Å². The largest absolute Gasteiger partial charge is 0.389 e. The van der Waals surface area contributed by atoms with Crippen LogP contribution in [0.2, 0.25) is 0 Å². The van der Waals surface area contributed by atoms with Crippen molar-refractivity contribution in [2.75, 3.05) is 33.7 Å². The molecule has 1 aliphatic rings. The molecule has 0 saturated heterocycles. The molecule has 0 bridgehead atoms. The summed E-state index contributed by atoms with van der Waals surface area (Å²) in [5, 5.41) is 13.6. The molecule has 0 heterocycles. The molecule has 2 N–H and O–H groups in total. The van der Waals surface area contributed by atoms with Gasteiger partial charge < -0.3 is 15.3 Å². The molecule has 0 aromatic heterocycles. The molecule has 0 aromatic rings. The fraction of sp³-hybridized carbons (Fsp3) is 1.00. The quantitative estimate of drug-likeness (QED) is 0.722. The lowest BCUT2D eigenvalue weighted by Crippen LogP contribution is -2.44. The Morgan fingerprint density at radius 1 is 1.31 bits per heavy atom. The first-order valence-corrected chi connectivity index (χ1v) is 6.42. The molecule has 1 fully saturated rings. The first-order chi connectivity index (χ1) is 7.37. The van der Waals surface area contributed by atoms with Gasteiger partial charge in [-0.2, -0.15) is 0 Å². The minimum Gasteiger partial charge on any atom is -0.389 e. The SMILES string of the molecule is CNCC(C)(C)CN(C)CC1(O)CCCC1. The van der Waals surface area contributed by atoms with Crippen LogP contribution < -0.4 is 5.32 Å². The van der Waals surface area contributed by atoms with E-state index >= 15 is 0 Å². The van der Waals surface area contributed by atoms with Crippen molar-refractivity contribution in [2.45, 2.75) is 45.1 Å². The Balaban J connectivity index is 2.37. The maximum absolute atomic E-state index is 10.3. The molecule has 0 aliphatic heterocycles. The lowest BCUT2D eigenvalue weighted by atomic mass is 9.92. The van der Waals surface area contributed by atoms with Gasteiger partial charge in [0.2, 0.25) is 0 Å². The Bertz CT molecular complexity index is 210. The highest BCUT2D eigenvalue weighted by Gasteiger charge is 2.33. The zero-order chi connectivity index (χ0) is 12.2. The predicted molar refractivity (Wildman–Crippen MR) is 68.6 cm³/mol. The molecule has 0 atom stereocenters. The Labute approximate surface area is 100 Å². The van der Waals surface area contributed by atoms with Gasteiger partial charge in [-0.3, -0.25) is 0 Å². The van der Waals surface area contributed by atoms with Crippen LogP contribution in [0.4, 0.5) is 0 Å². The van der Waals surface area contributed by atoms with Crippen molar-refractivity contribution < 1.29 is 5.11 Å². The van der Waals surface area contributed by atoms with Crippen molar-refractivity contribution in [3.8, 4) is 0 Å². The van der Waals surface area contributed by atoms with Gasteiger partial charge >= 0.3 is 0 Å². The minimum absolute atomic E-state index is 0.262. The Kier molecular flexibility index (Phi) is 4.77. The number of nitrogens with zero attached hydrogens (tertiary/aromatic N) is 1. The van der Waals surface area contributed by atoms with E-state index < -0.39 is 5.60 Å². The predicted octanol–water partition coefficient (Wildman–Crippen LogP) is 1.47. The van der Waals surface area contributed by atoms with Crippen LogP contribution >= 0.6 is 0 Å². The molecular formula is C13H28N2O. The second kappa shape index (κ2) is 5.48.